The van der Waals surface area contributed by atoms with Gasteiger partial charge in [0.15, 0.2) is 5.69 Å². The first kappa shape index (κ1) is 24.2. The van der Waals surface area contributed by atoms with Gasteiger partial charge in [-0.3, -0.25) is 9.59 Å². The van der Waals surface area contributed by atoms with Crippen molar-refractivity contribution in [2.75, 3.05) is 18.9 Å². The second-order valence-electron chi connectivity index (χ2n) is 9.31. The summed E-state index contributed by atoms with van der Waals surface area (Å²) < 4.78 is 3.78. The summed E-state index contributed by atoms with van der Waals surface area (Å²) in [5.74, 6) is 5.60. The van der Waals surface area contributed by atoms with Crippen molar-refractivity contribution in [3.63, 3.8) is 0 Å². The minimum absolute atomic E-state index is 0.0746. The molecule has 1 aromatic carbocycles. The molecule has 9 nitrogen and oxygen atoms in total. The van der Waals surface area contributed by atoms with Gasteiger partial charge in [0.1, 0.15) is 11.4 Å². The molecule has 2 fully saturated rings. The van der Waals surface area contributed by atoms with Crippen LogP contribution in [0.5, 0.6) is 0 Å². The zero-order chi connectivity index (χ0) is 25.8. The fraction of sp³-hybridized carbons (Fsp3) is 0.360. The third-order valence-corrected chi connectivity index (χ3v) is 7.64. The molecule has 1 aliphatic carbocycles. The molecule has 2 atom stereocenters. The number of carbonyl (C=O) groups is 2. The summed E-state index contributed by atoms with van der Waals surface area (Å²) in [4.78, 5) is 31.0. The van der Waals surface area contributed by atoms with E-state index in [0.717, 1.165) is 23.9 Å². The summed E-state index contributed by atoms with van der Waals surface area (Å²) in [5.41, 5.74) is 8.48. The number of halogens is 1. The lowest BCUT2D eigenvalue weighted by Gasteiger charge is -2.27. The lowest BCUT2D eigenvalue weighted by atomic mass is 10.1. The van der Waals surface area contributed by atoms with Crippen molar-refractivity contribution in [3.05, 3.63) is 53.0 Å². The fourth-order valence-electron chi connectivity index (χ4n) is 4.86. The van der Waals surface area contributed by atoms with Gasteiger partial charge in [-0.25, -0.2) is 9.67 Å². The molecule has 0 unspecified atom stereocenters. The smallest absolute Gasteiger partial charge is 0.255 e. The van der Waals surface area contributed by atoms with Gasteiger partial charge in [0, 0.05) is 31.2 Å². The Hall–Kier alpha value is -3.55. The summed E-state index contributed by atoms with van der Waals surface area (Å²) in [6.07, 6.45) is 5.96. The number of primary amides is 1. The Morgan fingerprint density at radius 3 is 2.75 bits per heavy atom. The number of fused-ring (bicyclic) bond motifs is 1. The molecule has 0 spiro atoms. The van der Waals surface area contributed by atoms with Crippen molar-refractivity contribution in [2.45, 2.75) is 43.4 Å². The summed E-state index contributed by atoms with van der Waals surface area (Å²) in [7, 11) is 5.52. The van der Waals surface area contributed by atoms with Gasteiger partial charge in [-0.15, -0.1) is 0 Å². The highest BCUT2D eigenvalue weighted by Crippen LogP contribution is 2.38. The number of nitrogens with one attached hydrogen (secondary N) is 1. The van der Waals surface area contributed by atoms with E-state index in [0.29, 0.717) is 35.4 Å². The first-order chi connectivity index (χ1) is 17.2. The second kappa shape index (κ2) is 8.83. The highest BCUT2D eigenvalue weighted by Gasteiger charge is 2.44. The third kappa shape index (κ3) is 3.98. The fourth-order valence-corrected chi connectivity index (χ4v) is 5.69. The van der Waals surface area contributed by atoms with Crippen molar-refractivity contribution in [2.24, 2.45) is 5.73 Å². The Balaban J connectivity index is 1.56. The van der Waals surface area contributed by atoms with Gasteiger partial charge in [-0.05, 0) is 50.3 Å². The second-order valence-corrected chi connectivity index (χ2v) is 10.6. The molecule has 36 heavy (non-hydrogen) atoms. The van der Waals surface area contributed by atoms with Gasteiger partial charge < -0.3 is 20.5 Å². The number of imidazole rings is 1. The van der Waals surface area contributed by atoms with Gasteiger partial charge in [0.2, 0.25) is 5.91 Å². The predicted molar refractivity (Wildman–Crippen MR) is 139 cm³/mol. The molecular formula is C25H25ClN7O2Si. The summed E-state index contributed by atoms with van der Waals surface area (Å²) in [5, 5.41) is 7.41. The number of aromatic nitrogens is 4. The molecule has 0 bridgehead atoms. The lowest BCUT2D eigenvalue weighted by molar-refractivity contribution is -0.126. The Morgan fingerprint density at radius 1 is 1.36 bits per heavy atom. The number of hydrogen-bond donors (Lipinski definition) is 2. The molecule has 3 heterocycles. The van der Waals surface area contributed by atoms with E-state index < -0.39 is 11.1 Å². The van der Waals surface area contributed by atoms with Crippen LogP contribution in [-0.2, 0) is 9.96 Å². The van der Waals surface area contributed by atoms with E-state index in [2.05, 4.69) is 48.6 Å². The number of anilines is 1. The SMILES string of the molecule is C=CC(=O)N1C[C@@]([Si])(n2nc(C#Cc3cc4ncn(C5CC5)c4cc3Cl)c(C(N)=O)c2NC)C[C@H]1C. The number of benzene rings is 1. The summed E-state index contributed by atoms with van der Waals surface area (Å²) in [6.45, 7) is 5.86. The van der Waals surface area contributed by atoms with Crippen LogP contribution >= 0.6 is 11.6 Å². The van der Waals surface area contributed by atoms with Gasteiger partial charge in [0.05, 0.1) is 37.8 Å². The van der Waals surface area contributed by atoms with Crippen molar-refractivity contribution < 1.29 is 9.59 Å². The highest BCUT2D eigenvalue weighted by molar-refractivity contribution is 6.32. The number of amides is 2. The molecular weight excluding hydrogens is 494 g/mol. The van der Waals surface area contributed by atoms with Crippen molar-refractivity contribution >= 4 is 50.5 Å². The standard InChI is InChI=1S/C25H25ClN7O2Si/c1-4-21(34)31-12-25(36,11-14(31)2)33-24(28-3)22(23(27)35)18(30-33)8-5-15-9-19-20(10-17(15)26)32(13-29-19)16-6-7-16/h4,9-10,13-14,16,28H,1,6-7,11-12H2,2-3H3,(H2,27,35)/t14-,25-/m1/s1. The van der Waals surface area contributed by atoms with Crippen LogP contribution in [0.4, 0.5) is 5.82 Å². The molecule has 2 amide bonds. The lowest BCUT2D eigenvalue weighted by Crippen LogP contribution is -2.40. The van der Waals surface area contributed by atoms with E-state index in [-0.39, 0.29) is 23.2 Å². The van der Waals surface area contributed by atoms with E-state index in [1.807, 2.05) is 25.4 Å². The minimum atomic E-state index is -0.771. The van der Waals surface area contributed by atoms with Crippen LogP contribution < -0.4 is 11.1 Å². The average molecular weight is 519 g/mol. The molecule has 11 heteroatoms. The van der Waals surface area contributed by atoms with E-state index in [1.165, 1.54) is 6.08 Å². The molecule has 5 rings (SSSR count). The van der Waals surface area contributed by atoms with Crippen LogP contribution in [0.25, 0.3) is 11.0 Å². The molecule has 3 radical (unpaired) electrons. The Kier molecular flexibility index (Phi) is 5.93. The normalized spacial score (nSPS) is 21.3. The Bertz CT molecular complexity index is 1480. The van der Waals surface area contributed by atoms with Crippen LogP contribution in [0.15, 0.2) is 31.1 Å². The molecule has 2 aliphatic rings. The van der Waals surface area contributed by atoms with Crippen LogP contribution in [-0.4, -0.2) is 65.9 Å². The van der Waals surface area contributed by atoms with Crippen LogP contribution in [0.3, 0.4) is 0 Å². The van der Waals surface area contributed by atoms with Crippen molar-refractivity contribution in [1.29, 1.82) is 0 Å². The van der Waals surface area contributed by atoms with Crippen LogP contribution in [0, 0.1) is 11.8 Å². The topological polar surface area (TPSA) is 111 Å². The maximum absolute atomic E-state index is 12.5. The number of carbonyl (C=O) groups excluding carboxylic acids is 2. The monoisotopic (exact) mass is 518 g/mol. The molecule has 1 saturated heterocycles. The molecule has 2 aromatic heterocycles. The Labute approximate surface area is 217 Å². The van der Waals surface area contributed by atoms with Gasteiger partial charge >= 0.3 is 0 Å². The van der Waals surface area contributed by atoms with Gasteiger partial charge in [-0.2, -0.15) is 5.10 Å². The zero-order valence-corrected chi connectivity index (χ0v) is 21.8. The van der Waals surface area contributed by atoms with E-state index in [1.54, 1.807) is 16.6 Å². The third-order valence-electron chi connectivity index (χ3n) is 6.75. The van der Waals surface area contributed by atoms with E-state index in [9.17, 15) is 9.59 Å². The number of nitrogens with two attached hydrogens (primary N) is 1. The highest BCUT2D eigenvalue weighted by atomic mass is 35.5. The first-order valence-corrected chi connectivity index (χ1v) is 12.5. The maximum Gasteiger partial charge on any atom is 0.255 e. The molecule has 183 valence electrons. The number of hydrogen-bond acceptors (Lipinski definition) is 5. The molecule has 3 aromatic rings. The van der Waals surface area contributed by atoms with Crippen LogP contribution in [0.2, 0.25) is 5.02 Å². The Morgan fingerprint density at radius 2 is 2.11 bits per heavy atom. The first-order valence-electron chi connectivity index (χ1n) is 11.6. The van der Waals surface area contributed by atoms with Crippen molar-refractivity contribution in [1.82, 2.24) is 24.2 Å². The minimum Gasteiger partial charge on any atom is -0.373 e. The van der Waals surface area contributed by atoms with E-state index in [4.69, 9.17) is 17.3 Å². The number of rotatable bonds is 5. The number of likely N-dealkylation sites (tertiary alicyclic amines) is 1. The molecule has 1 aliphatic heterocycles. The summed E-state index contributed by atoms with van der Waals surface area (Å²) >= 11 is 6.56. The molecule has 1 saturated carbocycles. The quantitative estimate of drug-likeness (QED) is 0.306. The largest absolute Gasteiger partial charge is 0.373 e. The summed E-state index contributed by atoms with van der Waals surface area (Å²) in [6, 6.07) is 4.12. The molecule has 3 N–H and O–H groups in total. The maximum atomic E-state index is 12.5. The van der Waals surface area contributed by atoms with Gasteiger partial charge in [-0.1, -0.05) is 24.1 Å². The van der Waals surface area contributed by atoms with Crippen molar-refractivity contribution in [3.8, 4) is 11.8 Å². The number of nitrogens with zero attached hydrogens (tertiary/aromatic N) is 5. The van der Waals surface area contributed by atoms with Gasteiger partial charge in [0.25, 0.3) is 5.91 Å². The average Bonchev–Trinajstić information content (AvgIpc) is 3.36. The van der Waals surface area contributed by atoms with Crippen LogP contribution in [0.1, 0.15) is 53.8 Å². The predicted octanol–water partition coefficient (Wildman–Crippen LogP) is 2.39. The van der Waals surface area contributed by atoms with E-state index >= 15 is 0 Å². The zero-order valence-electron chi connectivity index (χ0n) is 20.0.